The predicted molar refractivity (Wildman–Crippen MR) is 96.0 cm³/mol. The number of imidazole rings is 1. The van der Waals surface area contributed by atoms with Crippen LogP contribution in [0.4, 0.5) is 0 Å². The van der Waals surface area contributed by atoms with Gasteiger partial charge in [0.1, 0.15) is 12.2 Å². The first-order valence-electron chi connectivity index (χ1n) is 8.26. The molecular weight excluding hydrogens is 330 g/mol. The Labute approximate surface area is 149 Å². The van der Waals surface area contributed by atoms with Gasteiger partial charge in [0.05, 0.1) is 22.3 Å². The quantitative estimate of drug-likeness (QED) is 0.594. The van der Waals surface area contributed by atoms with E-state index in [9.17, 15) is 4.79 Å². The van der Waals surface area contributed by atoms with Crippen molar-refractivity contribution in [2.24, 2.45) is 0 Å². The van der Waals surface area contributed by atoms with Crippen LogP contribution in [-0.2, 0) is 6.54 Å². The normalized spacial score (nSPS) is 11.0. The van der Waals surface area contributed by atoms with E-state index >= 15 is 0 Å². The molecule has 0 unspecified atom stereocenters. The summed E-state index contributed by atoms with van der Waals surface area (Å²) in [5.41, 5.74) is 3.18. The summed E-state index contributed by atoms with van der Waals surface area (Å²) in [6.07, 6.45) is 1.47. The Morgan fingerprint density at radius 1 is 1.12 bits per heavy atom. The minimum atomic E-state index is -0.168. The summed E-state index contributed by atoms with van der Waals surface area (Å²) in [4.78, 5) is 17.2. The van der Waals surface area contributed by atoms with Crippen LogP contribution in [0.1, 0.15) is 16.2 Å². The summed E-state index contributed by atoms with van der Waals surface area (Å²) in [6.45, 7) is 3.10. The van der Waals surface area contributed by atoms with Crippen LogP contribution in [0.25, 0.3) is 16.7 Å². The first-order chi connectivity index (χ1) is 12.7. The fraction of sp³-hybridized carbons (Fsp3) is 0.167. The van der Waals surface area contributed by atoms with Crippen molar-refractivity contribution >= 4 is 16.9 Å². The zero-order valence-corrected chi connectivity index (χ0v) is 14.2. The number of carbonyl (C=O) groups excluding carboxylic acids is 1. The third-order valence-corrected chi connectivity index (χ3v) is 4.21. The van der Waals surface area contributed by atoms with E-state index in [2.05, 4.69) is 30.4 Å². The largest absolute Gasteiger partial charge is 0.350 e. The molecule has 2 heterocycles. The standard InChI is InChI=1S/C18H17N7O/c1-13-21-15-7-3-5-9-17(15)24(13)11-10-19-18(26)14-6-2-4-8-16(14)25-12-20-22-23-25/h2-9,12H,10-11H2,1H3,(H,19,26). The van der Waals surface area contributed by atoms with Gasteiger partial charge < -0.3 is 9.88 Å². The topological polar surface area (TPSA) is 90.5 Å². The SMILES string of the molecule is Cc1nc2ccccc2n1CCNC(=O)c1ccccc1-n1cnnn1. The molecule has 2 aromatic carbocycles. The van der Waals surface area contributed by atoms with Crippen LogP contribution in [-0.4, -0.2) is 42.2 Å². The third-order valence-electron chi connectivity index (χ3n) is 4.21. The zero-order chi connectivity index (χ0) is 17.9. The van der Waals surface area contributed by atoms with Crippen molar-refractivity contribution in [3.05, 3.63) is 66.2 Å². The second kappa shape index (κ2) is 6.75. The molecule has 0 aliphatic heterocycles. The molecule has 8 heteroatoms. The number of hydrogen-bond donors (Lipinski definition) is 1. The average Bonchev–Trinajstić information content (AvgIpc) is 3.30. The summed E-state index contributed by atoms with van der Waals surface area (Å²) in [5, 5.41) is 14.1. The molecule has 0 radical (unpaired) electrons. The number of aryl methyl sites for hydroxylation is 1. The minimum absolute atomic E-state index is 0.168. The summed E-state index contributed by atoms with van der Waals surface area (Å²) in [6, 6.07) is 15.2. The Morgan fingerprint density at radius 3 is 2.77 bits per heavy atom. The number of benzene rings is 2. The Bertz CT molecular complexity index is 1050. The Balaban J connectivity index is 1.49. The Hall–Kier alpha value is -3.55. The van der Waals surface area contributed by atoms with Crippen molar-refractivity contribution in [1.29, 1.82) is 0 Å². The van der Waals surface area contributed by atoms with Gasteiger partial charge in [0, 0.05) is 13.1 Å². The molecule has 0 spiro atoms. The highest BCUT2D eigenvalue weighted by molar-refractivity contribution is 5.97. The van der Waals surface area contributed by atoms with E-state index in [4.69, 9.17) is 0 Å². The van der Waals surface area contributed by atoms with Crippen LogP contribution < -0.4 is 5.32 Å². The van der Waals surface area contributed by atoms with Crippen LogP contribution in [0.15, 0.2) is 54.9 Å². The molecule has 1 amide bonds. The molecule has 2 aromatic heterocycles. The number of amides is 1. The van der Waals surface area contributed by atoms with Crippen LogP contribution in [0.5, 0.6) is 0 Å². The zero-order valence-electron chi connectivity index (χ0n) is 14.2. The molecule has 0 bridgehead atoms. The number of aromatic nitrogens is 6. The van der Waals surface area contributed by atoms with Gasteiger partial charge in [-0.1, -0.05) is 24.3 Å². The lowest BCUT2D eigenvalue weighted by atomic mass is 10.1. The molecule has 0 saturated heterocycles. The molecule has 26 heavy (non-hydrogen) atoms. The number of rotatable bonds is 5. The number of para-hydroxylation sites is 3. The highest BCUT2D eigenvalue weighted by Crippen LogP contribution is 2.15. The third kappa shape index (κ3) is 2.92. The smallest absolute Gasteiger partial charge is 0.253 e. The van der Waals surface area contributed by atoms with Gasteiger partial charge in [0.15, 0.2) is 0 Å². The van der Waals surface area contributed by atoms with Gasteiger partial charge in [-0.05, 0) is 41.6 Å². The summed E-state index contributed by atoms with van der Waals surface area (Å²) < 4.78 is 3.57. The maximum absolute atomic E-state index is 12.6. The molecule has 0 saturated carbocycles. The van der Waals surface area contributed by atoms with E-state index in [1.165, 1.54) is 11.0 Å². The number of tetrazole rings is 1. The van der Waals surface area contributed by atoms with Crippen molar-refractivity contribution in [3.8, 4) is 5.69 Å². The summed E-state index contributed by atoms with van der Waals surface area (Å²) >= 11 is 0. The predicted octanol–water partition coefficient (Wildman–Crippen LogP) is 1.75. The van der Waals surface area contributed by atoms with E-state index in [1.807, 2.05) is 43.3 Å². The van der Waals surface area contributed by atoms with Gasteiger partial charge in [-0.25, -0.2) is 4.98 Å². The molecule has 0 atom stereocenters. The first kappa shape index (κ1) is 15.9. The molecule has 0 fully saturated rings. The van der Waals surface area contributed by atoms with E-state index in [-0.39, 0.29) is 5.91 Å². The molecule has 0 aliphatic carbocycles. The van der Waals surface area contributed by atoms with Gasteiger partial charge >= 0.3 is 0 Å². The minimum Gasteiger partial charge on any atom is -0.350 e. The first-order valence-corrected chi connectivity index (χ1v) is 8.26. The molecule has 0 aliphatic rings. The maximum atomic E-state index is 12.6. The van der Waals surface area contributed by atoms with Crippen molar-refractivity contribution in [1.82, 2.24) is 35.1 Å². The number of hydrogen-bond acceptors (Lipinski definition) is 5. The molecule has 4 rings (SSSR count). The van der Waals surface area contributed by atoms with Crippen LogP contribution >= 0.6 is 0 Å². The van der Waals surface area contributed by atoms with Crippen molar-refractivity contribution in [3.63, 3.8) is 0 Å². The number of nitrogens with one attached hydrogen (secondary N) is 1. The molecule has 4 aromatic rings. The highest BCUT2D eigenvalue weighted by atomic mass is 16.1. The van der Waals surface area contributed by atoms with Gasteiger partial charge in [-0.15, -0.1) is 5.10 Å². The number of nitrogens with zero attached hydrogens (tertiary/aromatic N) is 6. The second-order valence-electron chi connectivity index (χ2n) is 5.83. The van der Waals surface area contributed by atoms with E-state index in [0.717, 1.165) is 16.9 Å². The Kier molecular flexibility index (Phi) is 4.14. The van der Waals surface area contributed by atoms with E-state index < -0.39 is 0 Å². The lowest BCUT2D eigenvalue weighted by Gasteiger charge is -2.11. The second-order valence-corrected chi connectivity index (χ2v) is 5.83. The molecule has 8 nitrogen and oxygen atoms in total. The molecule has 1 N–H and O–H groups in total. The number of fused-ring (bicyclic) bond motifs is 1. The van der Waals surface area contributed by atoms with Crippen molar-refractivity contribution in [2.45, 2.75) is 13.5 Å². The average molecular weight is 347 g/mol. The Morgan fingerprint density at radius 2 is 1.92 bits per heavy atom. The fourth-order valence-electron chi connectivity index (χ4n) is 2.99. The van der Waals surface area contributed by atoms with Crippen LogP contribution in [0, 0.1) is 6.92 Å². The number of carbonyl (C=O) groups is 1. The van der Waals surface area contributed by atoms with Crippen molar-refractivity contribution < 1.29 is 4.79 Å². The summed E-state index contributed by atoms with van der Waals surface area (Å²) in [5.74, 6) is 0.757. The lowest BCUT2D eigenvalue weighted by molar-refractivity contribution is 0.0952. The van der Waals surface area contributed by atoms with E-state index in [0.29, 0.717) is 24.3 Å². The maximum Gasteiger partial charge on any atom is 0.253 e. The molecular formula is C18H17N7O. The monoisotopic (exact) mass is 347 g/mol. The molecule has 130 valence electrons. The van der Waals surface area contributed by atoms with Crippen LogP contribution in [0.3, 0.4) is 0 Å². The lowest BCUT2D eigenvalue weighted by Crippen LogP contribution is -2.28. The summed E-state index contributed by atoms with van der Waals surface area (Å²) in [7, 11) is 0. The van der Waals surface area contributed by atoms with Gasteiger partial charge in [0.2, 0.25) is 0 Å². The van der Waals surface area contributed by atoms with Gasteiger partial charge in [-0.3, -0.25) is 4.79 Å². The van der Waals surface area contributed by atoms with Crippen molar-refractivity contribution in [2.75, 3.05) is 6.54 Å². The van der Waals surface area contributed by atoms with Gasteiger partial charge in [0.25, 0.3) is 5.91 Å². The van der Waals surface area contributed by atoms with Crippen LogP contribution in [0.2, 0.25) is 0 Å². The fourth-order valence-corrected chi connectivity index (χ4v) is 2.99. The highest BCUT2D eigenvalue weighted by Gasteiger charge is 2.13. The van der Waals surface area contributed by atoms with E-state index in [1.54, 1.807) is 12.1 Å². The van der Waals surface area contributed by atoms with Gasteiger partial charge in [-0.2, -0.15) is 4.68 Å².